The summed E-state index contributed by atoms with van der Waals surface area (Å²) < 4.78 is 5.32. The van der Waals surface area contributed by atoms with Crippen molar-refractivity contribution in [2.75, 3.05) is 21.2 Å². The van der Waals surface area contributed by atoms with E-state index in [1.165, 1.54) is 25.2 Å². The number of hydrogen-bond acceptors (Lipinski definition) is 2. The van der Waals surface area contributed by atoms with Crippen molar-refractivity contribution in [1.29, 1.82) is 0 Å². The average Bonchev–Trinajstić information content (AvgIpc) is 3.92. The van der Waals surface area contributed by atoms with E-state index < -0.39 is 0 Å². The van der Waals surface area contributed by atoms with Gasteiger partial charge in [0.05, 0.1) is 7.11 Å². The fourth-order valence-electron chi connectivity index (χ4n) is 19.6. The highest BCUT2D eigenvalue weighted by Crippen LogP contribution is 3.00. The van der Waals surface area contributed by atoms with Gasteiger partial charge in [-0.25, -0.2) is 13.1 Å². The van der Waals surface area contributed by atoms with Crippen LogP contribution in [0.25, 0.3) is 37.2 Å². The Labute approximate surface area is 350 Å². The molecule has 15 atom stereocenters. The van der Waals surface area contributed by atoms with Crippen LogP contribution in [0.5, 0.6) is 0 Å². The highest BCUT2D eigenvalue weighted by atomic mass is 16.5. The number of benzene rings is 3. The van der Waals surface area contributed by atoms with E-state index in [0.29, 0.717) is 77.4 Å². The van der Waals surface area contributed by atoms with Crippen LogP contribution in [0.2, 0.25) is 0 Å². The summed E-state index contributed by atoms with van der Waals surface area (Å²) in [6.07, 6.45) is 24.1. The second-order valence-electron chi connectivity index (χ2n) is 20.5. The Hall–Kier alpha value is -5.71. The monoisotopic (exact) mass is 774 g/mol. The average molecular weight is 775 g/mol. The molecule has 0 bridgehead atoms. The first-order valence-electron chi connectivity index (χ1n) is 22.6. The molecule has 15 aliphatic rings. The van der Waals surface area contributed by atoms with Gasteiger partial charge in [0.2, 0.25) is 14.1 Å². The molecule has 0 saturated heterocycles. The summed E-state index contributed by atoms with van der Waals surface area (Å²) >= 11 is 0. The van der Waals surface area contributed by atoms with Crippen LogP contribution < -0.4 is 0 Å². The molecule has 15 aliphatic carbocycles. The van der Waals surface area contributed by atoms with Crippen LogP contribution in [0.1, 0.15) is 70.0 Å². The van der Waals surface area contributed by atoms with Crippen LogP contribution in [0, 0.1) is 77.7 Å². The molecule has 4 nitrogen and oxygen atoms in total. The van der Waals surface area contributed by atoms with Gasteiger partial charge in [-0.15, -0.1) is 0 Å². The third-order valence-corrected chi connectivity index (χ3v) is 19.9. The summed E-state index contributed by atoms with van der Waals surface area (Å²) in [5.41, 5.74) is 25.5. The van der Waals surface area contributed by atoms with Crippen molar-refractivity contribution in [3.63, 3.8) is 0 Å². The highest BCUT2D eigenvalue weighted by molar-refractivity contribution is 6.27. The molecule has 3 aromatic rings. The number of hydrogen-bond donors (Lipinski definition) is 0. The summed E-state index contributed by atoms with van der Waals surface area (Å²) in [4.78, 5) is 18.5. The first-order chi connectivity index (χ1) is 29.5. The summed E-state index contributed by atoms with van der Waals surface area (Å²) in [6.45, 7) is 11.7. The van der Waals surface area contributed by atoms with E-state index in [-0.39, 0.29) is 22.2 Å². The molecule has 60 heavy (non-hydrogen) atoms. The number of ether oxygens (including phenoxy) is 1. The van der Waals surface area contributed by atoms with Gasteiger partial charge >= 0.3 is 5.97 Å². The van der Waals surface area contributed by atoms with Crippen LogP contribution in [0.4, 0.5) is 0 Å². The molecule has 3 aromatic carbocycles. The van der Waals surface area contributed by atoms with E-state index >= 15 is 0 Å². The number of nitrogens with zero attached hydrogens (tertiary/aromatic N) is 2. The molecule has 0 aromatic heterocycles. The van der Waals surface area contributed by atoms with E-state index in [9.17, 15) is 4.79 Å². The molecule has 0 amide bonds. The van der Waals surface area contributed by atoms with Crippen LogP contribution >= 0.6 is 0 Å². The SMILES string of the molecule is COC(=O)CCCC1(c2ccccc2)C23C4=CC=C5c6ccc7c8c9c%10c(c(c68)C521)C1=C3C2C4C=CC3C4C=CC5C6C=CC7C9C6C6=C%10C1=C(C32)C4C65.[C-]#[N+]C.[C-]#[N+]C. The van der Waals surface area contributed by atoms with Crippen molar-refractivity contribution < 1.29 is 9.53 Å². The number of esters is 1. The van der Waals surface area contributed by atoms with Gasteiger partial charge in [0.15, 0.2) is 0 Å². The topological polar surface area (TPSA) is 35.0 Å². The predicted octanol–water partition coefficient (Wildman–Crippen LogP) is 10.7. The fraction of sp³-hybridized carbons (Fsp3) is 0.375. The Morgan fingerprint density at radius 3 is 2.07 bits per heavy atom. The Kier molecular flexibility index (Phi) is 5.13. The number of carbonyl (C=O) groups excluding carboxylic acids is 1. The van der Waals surface area contributed by atoms with Gasteiger partial charge in [-0.1, -0.05) is 108 Å². The van der Waals surface area contributed by atoms with Gasteiger partial charge in [0.25, 0.3) is 0 Å². The standard InChI is InChI=1S/C52H36O2.2C2H3N/c1-54-31(53)8-5-19-50(20-6-3-2-4-7-20)51-29-17-18-30-28-16-14-26-24-12-10-22-21-9-11-23-25-13-15-27(29)38-36(25)41-34(23)32(21)40-33(22)35(24)42-37(26)39(28)49(52(30,50)51)47-45(42)43(40)44(41)46(47)48(38)51;2*1-3-2/h2-4,6-7,9-18,21-25,27,32-36,38H,5,8,19H2,1H3;2*1H3. The molecule has 18 rings (SSSR count). The minimum atomic E-state index is -0.164. The van der Waals surface area contributed by atoms with Crippen molar-refractivity contribution in [2.24, 2.45) is 64.6 Å². The zero-order valence-corrected chi connectivity index (χ0v) is 33.9. The lowest BCUT2D eigenvalue weighted by Crippen LogP contribution is -2.35. The van der Waals surface area contributed by atoms with Crippen molar-refractivity contribution in [2.45, 2.75) is 41.9 Å². The molecule has 0 aliphatic heterocycles. The molecule has 15 unspecified atom stereocenters. The number of rotatable bonds is 5. The van der Waals surface area contributed by atoms with E-state index in [1.54, 1.807) is 73.6 Å². The summed E-state index contributed by atoms with van der Waals surface area (Å²) in [5.74, 6) is 7.01. The number of methoxy groups -OCH3 is 1. The second kappa shape index (κ2) is 9.59. The molecular formula is C56H42N2O2. The summed E-state index contributed by atoms with van der Waals surface area (Å²) in [6, 6.07) is 17.0. The molecule has 0 radical (unpaired) electrons. The molecule has 4 fully saturated rings. The Bertz CT molecular complexity index is 3160. The number of carbonyl (C=O) groups is 1. The van der Waals surface area contributed by atoms with Gasteiger partial charge in [-0.05, 0) is 144 Å². The molecule has 4 saturated carbocycles. The molecule has 4 heteroatoms. The van der Waals surface area contributed by atoms with Gasteiger partial charge in [-0.2, -0.15) is 0 Å². The predicted molar refractivity (Wildman–Crippen MR) is 232 cm³/mol. The van der Waals surface area contributed by atoms with Gasteiger partial charge in [0.1, 0.15) is 0 Å². The zero-order chi connectivity index (χ0) is 39.7. The van der Waals surface area contributed by atoms with Crippen LogP contribution in [0.15, 0.2) is 119 Å². The normalized spacial score (nSPS) is 43.1. The largest absolute Gasteiger partial charge is 0.469 e. The van der Waals surface area contributed by atoms with Crippen LogP contribution in [-0.2, 0) is 20.4 Å². The Balaban J connectivity index is 0.000000525. The third kappa shape index (κ3) is 2.57. The van der Waals surface area contributed by atoms with Crippen molar-refractivity contribution in [1.82, 2.24) is 0 Å². The summed E-state index contributed by atoms with van der Waals surface area (Å²) in [5, 5.41) is 3.30. The highest BCUT2D eigenvalue weighted by Gasteiger charge is 2.96. The van der Waals surface area contributed by atoms with Crippen molar-refractivity contribution in [3.8, 4) is 0 Å². The minimum absolute atomic E-state index is 0.0762. The lowest BCUT2D eigenvalue weighted by atomic mass is 9.58. The summed E-state index contributed by atoms with van der Waals surface area (Å²) in [7, 11) is 4.39. The van der Waals surface area contributed by atoms with E-state index in [2.05, 4.69) is 101 Å². The maximum atomic E-state index is 13.0. The third-order valence-electron chi connectivity index (χ3n) is 19.9. The van der Waals surface area contributed by atoms with Gasteiger partial charge in [-0.3, -0.25) is 4.79 Å². The number of fused-ring (bicyclic) bond motifs is 5. The molecule has 2 spiro atoms. The molecule has 0 heterocycles. The lowest BCUT2D eigenvalue weighted by molar-refractivity contribution is -0.140. The van der Waals surface area contributed by atoms with Crippen LogP contribution in [-0.4, -0.2) is 27.2 Å². The lowest BCUT2D eigenvalue weighted by Gasteiger charge is -2.45. The van der Waals surface area contributed by atoms with Crippen LogP contribution in [0.3, 0.4) is 0 Å². The first-order valence-corrected chi connectivity index (χ1v) is 22.6. The second-order valence-corrected chi connectivity index (χ2v) is 20.5. The minimum Gasteiger partial charge on any atom is -0.469 e. The zero-order valence-electron chi connectivity index (χ0n) is 33.9. The molecule has 0 N–H and O–H groups in total. The fourth-order valence-corrected chi connectivity index (χ4v) is 19.6. The van der Waals surface area contributed by atoms with E-state index in [0.717, 1.165) is 12.8 Å². The Morgan fingerprint density at radius 1 is 0.700 bits per heavy atom. The van der Waals surface area contributed by atoms with E-state index in [4.69, 9.17) is 17.9 Å². The smallest absolute Gasteiger partial charge is 0.305 e. The van der Waals surface area contributed by atoms with Crippen molar-refractivity contribution in [3.05, 3.63) is 181 Å². The number of allylic oxidation sites excluding steroid dienone is 16. The van der Waals surface area contributed by atoms with Gasteiger partial charge in [0, 0.05) is 40.4 Å². The maximum absolute atomic E-state index is 13.0. The molecular weight excluding hydrogens is 733 g/mol. The Morgan fingerprint density at radius 2 is 1.35 bits per heavy atom. The first kappa shape index (κ1) is 32.1. The quantitative estimate of drug-likeness (QED) is 0.147. The van der Waals surface area contributed by atoms with Gasteiger partial charge < -0.3 is 14.4 Å². The maximum Gasteiger partial charge on any atom is 0.305 e. The molecule has 288 valence electrons. The van der Waals surface area contributed by atoms with Crippen molar-refractivity contribution >= 4 is 33.5 Å². The van der Waals surface area contributed by atoms with E-state index in [1.807, 2.05) is 16.7 Å².